The highest BCUT2D eigenvalue weighted by Gasteiger charge is 2.24. The van der Waals surface area contributed by atoms with E-state index in [2.05, 4.69) is 20.8 Å². The van der Waals surface area contributed by atoms with E-state index in [0.717, 1.165) is 5.56 Å². The summed E-state index contributed by atoms with van der Waals surface area (Å²) in [7, 11) is 1.52. The minimum Gasteiger partial charge on any atom is -0.495 e. The lowest BCUT2D eigenvalue weighted by atomic mass is 10.1. The normalized spacial score (nSPS) is 11.5. The highest BCUT2D eigenvalue weighted by atomic mass is 19.1. The van der Waals surface area contributed by atoms with E-state index in [1.54, 1.807) is 36.4 Å². The largest absolute Gasteiger partial charge is 0.495 e. The van der Waals surface area contributed by atoms with E-state index in [1.165, 1.54) is 19.2 Å². The van der Waals surface area contributed by atoms with Gasteiger partial charge in [0.05, 0.1) is 12.8 Å². The smallest absolute Gasteiger partial charge is 0.320 e. The van der Waals surface area contributed by atoms with Crippen LogP contribution in [-0.4, -0.2) is 23.3 Å². The molecule has 0 saturated heterocycles. The number of hydrogen-bond acceptors (Lipinski definition) is 5. The second kappa shape index (κ2) is 9.08. The minimum atomic E-state index is -0.791. The molecule has 156 valence electrons. The van der Waals surface area contributed by atoms with Crippen LogP contribution in [-0.2, 0) is 0 Å². The van der Waals surface area contributed by atoms with Gasteiger partial charge in [-0.1, -0.05) is 42.5 Å². The molecule has 31 heavy (non-hydrogen) atoms. The topological polar surface area (TPSA) is 89.3 Å². The molecule has 0 saturated carbocycles. The average Bonchev–Trinajstić information content (AvgIpc) is 3.29. The zero-order chi connectivity index (χ0) is 21.6. The van der Waals surface area contributed by atoms with Gasteiger partial charge in [0.1, 0.15) is 17.6 Å². The van der Waals surface area contributed by atoms with Crippen molar-refractivity contribution in [3.63, 3.8) is 0 Å². The van der Waals surface area contributed by atoms with Crippen LogP contribution in [0.3, 0.4) is 0 Å². The molecule has 2 N–H and O–H groups in total. The van der Waals surface area contributed by atoms with Crippen molar-refractivity contribution in [2.45, 2.75) is 6.04 Å². The second-order valence-corrected chi connectivity index (χ2v) is 6.59. The SMILES string of the molecule is COc1ccccc1NC(=O)N[C@H](c1ccc(F)cc1)c1nnc(-c2ccccc2)o1. The second-order valence-electron chi connectivity index (χ2n) is 6.59. The van der Waals surface area contributed by atoms with Crippen LogP contribution in [0.4, 0.5) is 14.9 Å². The van der Waals surface area contributed by atoms with Gasteiger partial charge >= 0.3 is 6.03 Å². The van der Waals surface area contributed by atoms with Crippen LogP contribution in [0.1, 0.15) is 17.5 Å². The van der Waals surface area contributed by atoms with Crippen molar-refractivity contribution in [1.82, 2.24) is 15.5 Å². The summed E-state index contributed by atoms with van der Waals surface area (Å²) in [6, 6.07) is 20.7. The van der Waals surface area contributed by atoms with E-state index < -0.39 is 17.9 Å². The summed E-state index contributed by atoms with van der Waals surface area (Å²) in [6.45, 7) is 0. The van der Waals surface area contributed by atoms with Crippen molar-refractivity contribution < 1.29 is 18.3 Å². The Labute approximate surface area is 177 Å². The summed E-state index contributed by atoms with van der Waals surface area (Å²) in [4.78, 5) is 12.7. The van der Waals surface area contributed by atoms with E-state index in [9.17, 15) is 9.18 Å². The van der Waals surface area contributed by atoms with Crippen LogP contribution in [0.15, 0.2) is 83.3 Å². The van der Waals surface area contributed by atoms with Crippen LogP contribution >= 0.6 is 0 Å². The number of ether oxygens (including phenoxy) is 1. The summed E-state index contributed by atoms with van der Waals surface area (Å²) >= 11 is 0. The molecule has 3 aromatic carbocycles. The lowest BCUT2D eigenvalue weighted by Gasteiger charge is -2.17. The van der Waals surface area contributed by atoms with Gasteiger partial charge in [0.15, 0.2) is 0 Å². The number of methoxy groups -OCH3 is 1. The standard InChI is InChI=1S/C23H19FN4O3/c1-30-19-10-6-5-9-18(19)25-23(29)26-20(15-11-13-17(24)14-12-15)22-28-27-21(31-22)16-7-3-2-4-8-16/h2-14,20H,1H3,(H2,25,26,29)/t20-/m1/s1. The molecule has 0 radical (unpaired) electrons. The Balaban J connectivity index is 1.61. The highest BCUT2D eigenvalue weighted by Crippen LogP contribution is 2.27. The number of anilines is 1. The highest BCUT2D eigenvalue weighted by molar-refractivity contribution is 5.91. The summed E-state index contributed by atoms with van der Waals surface area (Å²) in [5.41, 5.74) is 1.83. The number of carbonyl (C=O) groups excluding carboxylic acids is 1. The third-order valence-electron chi connectivity index (χ3n) is 4.54. The van der Waals surface area contributed by atoms with Crippen LogP contribution in [0.25, 0.3) is 11.5 Å². The van der Waals surface area contributed by atoms with Gasteiger partial charge in [-0.3, -0.25) is 0 Å². The van der Waals surface area contributed by atoms with Crippen LogP contribution in [0, 0.1) is 5.82 Å². The summed E-state index contributed by atoms with van der Waals surface area (Å²) in [6.07, 6.45) is 0. The zero-order valence-electron chi connectivity index (χ0n) is 16.6. The first-order valence-electron chi connectivity index (χ1n) is 9.49. The Morgan fingerprint density at radius 3 is 2.42 bits per heavy atom. The number of nitrogens with zero attached hydrogens (tertiary/aromatic N) is 2. The number of rotatable bonds is 6. The van der Waals surface area contributed by atoms with Crippen molar-refractivity contribution >= 4 is 11.7 Å². The molecule has 2 amide bonds. The molecule has 0 fully saturated rings. The first-order chi connectivity index (χ1) is 15.1. The first kappa shape index (κ1) is 20.1. The van der Waals surface area contributed by atoms with E-state index >= 15 is 0 Å². The number of hydrogen-bond donors (Lipinski definition) is 2. The predicted molar refractivity (Wildman–Crippen MR) is 113 cm³/mol. The molecule has 1 heterocycles. The molecule has 0 unspecified atom stereocenters. The van der Waals surface area contributed by atoms with Gasteiger partial charge < -0.3 is 19.8 Å². The van der Waals surface area contributed by atoms with Gasteiger partial charge in [-0.2, -0.15) is 0 Å². The Hall–Kier alpha value is -4.20. The van der Waals surface area contributed by atoms with Crippen molar-refractivity contribution in [3.05, 3.63) is 96.1 Å². The number of halogens is 1. The van der Waals surface area contributed by atoms with Crippen molar-refractivity contribution in [1.29, 1.82) is 0 Å². The van der Waals surface area contributed by atoms with Gasteiger partial charge in [-0.15, -0.1) is 10.2 Å². The van der Waals surface area contributed by atoms with E-state index in [-0.39, 0.29) is 5.89 Å². The molecule has 0 aliphatic heterocycles. The lowest BCUT2D eigenvalue weighted by Crippen LogP contribution is -2.33. The van der Waals surface area contributed by atoms with Gasteiger partial charge in [0.2, 0.25) is 11.8 Å². The molecule has 1 atom stereocenters. The van der Waals surface area contributed by atoms with Crippen LogP contribution in [0.2, 0.25) is 0 Å². The maximum Gasteiger partial charge on any atom is 0.320 e. The van der Waals surface area contributed by atoms with Crippen LogP contribution < -0.4 is 15.4 Å². The maximum absolute atomic E-state index is 13.4. The van der Waals surface area contributed by atoms with Gasteiger partial charge in [0, 0.05) is 5.56 Å². The molecular weight excluding hydrogens is 399 g/mol. The number of benzene rings is 3. The Morgan fingerprint density at radius 1 is 0.968 bits per heavy atom. The number of carbonyl (C=O) groups is 1. The quantitative estimate of drug-likeness (QED) is 0.470. The monoisotopic (exact) mass is 418 g/mol. The molecule has 0 spiro atoms. The number of aromatic nitrogens is 2. The number of amides is 2. The average molecular weight is 418 g/mol. The third-order valence-corrected chi connectivity index (χ3v) is 4.54. The van der Waals surface area contributed by atoms with E-state index in [1.807, 2.05) is 30.3 Å². The first-order valence-corrected chi connectivity index (χ1v) is 9.49. The molecule has 0 aliphatic carbocycles. The summed E-state index contributed by atoms with van der Waals surface area (Å²) < 4.78 is 24.5. The Bertz CT molecular complexity index is 1160. The summed E-state index contributed by atoms with van der Waals surface area (Å²) in [5.74, 6) is 0.604. The van der Waals surface area contributed by atoms with Crippen molar-refractivity contribution in [2.24, 2.45) is 0 Å². The lowest BCUT2D eigenvalue weighted by molar-refractivity contribution is 0.248. The molecule has 4 rings (SSSR count). The molecule has 1 aromatic heterocycles. The number of nitrogens with one attached hydrogen (secondary N) is 2. The maximum atomic E-state index is 13.4. The van der Waals surface area contributed by atoms with Crippen molar-refractivity contribution in [2.75, 3.05) is 12.4 Å². The number of para-hydroxylation sites is 2. The van der Waals surface area contributed by atoms with Crippen molar-refractivity contribution in [3.8, 4) is 17.2 Å². The fourth-order valence-corrected chi connectivity index (χ4v) is 3.03. The number of urea groups is 1. The molecule has 0 aliphatic rings. The van der Waals surface area contributed by atoms with Crippen LogP contribution in [0.5, 0.6) is 5.75 Å². The minimum absolute atomic E-state index is 0.167. The van der Waals surface area contributed by atoms with Gasteiger partial charge in [-0.05, 0) is 42.0 Å². The Morgan fingerprint density at radius 2 is 1.68 bits per heavy atom. The predicted octanol–water partition coefficient (Wildman–Crippen LogP) is 4.80. The zero-order valence-corrected chi connectivity index (χ0v) is 16.6. The molecule has 8 heteroatoms. The molecular formula is C23H19FN4O3. The van der Waals surface area contributed by atoms with Gasteiger partial charge in [0.25, 0.3) is 0 Å². The molecule has 0 bridgehead atoms. The molecule has 7 nitrogen and oxygen atoms in total. The fraction of sp³-hybridized carbons (Fsp3) is 0.0870. The van der Waals surface area contributed by atoms with Gasteiger partial charge in [-0.25, -0.2) is 9.18 Å². The Kier molecular flexibility index (Phi) is 5.89. The third kappa shape index (κ3) is 4.69. The van der Waals surface area contributed by atoms with E-state index in [4.69, 9.17) is 9.15 Å². The summed E-state index contributed by atoms with van der Waals surface area (Å²) in [5, 5.41) is 13.7. The van der Waals surface area contributed by atoms with E-state index in [0.29, 0.717) is 22.9 Å². The fourth-order valence-electron chi connectivity index (χ4n) is 3.03. The molecule has 4 aromatic rings.